The molecule has 75 heavy (non-hydrogen) atoms. The molecule has 0 N–H and O–H groups in total. The van der Waals surface area contributed by atoms with E-state index in [1.165, 1.54) is 116 Å². The highest BCUT2D eigenvalue weighted by Crippen LogP contribution is 2.15. The molecule has 0 saturated carbocycles. The molecule has 0 radical (unpaired) electrons. The molecular formula is C69H116O6. The van der Waals surface area contributed by atoms with E-state index in [-0.39, 0.29) is 31.1 Å². The van der Waals surface area contributed by atoms with Crippen LogP contribution >= 0.6 is 0 Å². The molecule has 0 rings (SSSR count). The van der Waals surface area contributed by atoms with E-state index < -0.39 is 6.10 Å². The lowest BCUT2D eigenvalue weighted by molar-refractivity contribution is -0.167. The smallest absolute Gasteiger partial charge is 0.306 e. The quantitative estimate of drug-likeness (QED) is 0.0261. The van der Waals surface area contributed by atoms with E-state index in [1.807, 2.05) is 0 Å². The van der Waals surface area contributed by atoms with E-state index in [4.69, 9.17) is 14.2 Å². The van der Waals surface area contributed by atoms with Crippen molar-refractivity contribution >= 4 is 17.9 Å². The van der Waals surface area contributed by atoms with Crippen LogP contribution < -0.4 is 0 Å². The van der Waals surface area contributed by atoms with Crippen molar-refractivity contribution in [1.82, 2.24) is 0 Å². The number of unbranched alkanes of at least 4 members (excludes halogenated alkanes) is 27. The Balaban J connectivity index is 4.36. The zero-order chi connectivity index (χ0) is 54.3. The minimum absolute atomic E-state index is 0.0878. The molecular weight excluding hydrogens is 925 g/mol. The van der Waals surface area contributed by atoms with Crippen LogP contribution in [-0.4, -0.2) is 37.2 Å². The zero-order valence-corrected chi connectivity index (χ0v) is 49.0. The second-order valence-electron chi connectivity index (χ2n) is 20.6. The minimum atomic E-state index is -0.793. The molecule has 0 heterocycles. The second kappa shape index (κ2) is 62.6. The first-order valence-electron chi connectivity index (χ1n) is 31.4. The molecule has 0 aliphatic rings. The van der Waals surface area contributed by atoms with Crippen molar-refractivity contribution in [2.75, 3.05) is 13.2 Å². The largest absolute Gasteiger partial charge is 0.462 e. The first kappa shape index (κ1) is 71.1. The maximum absolute atomic E-state index is 12.9. The van der Waals surface area contributed by atoms with E-state index >= 15 is 0 Å². The Kier molecular flexibility index (Phi) is 59.3. The predicted octanol–water partition coefficient (Wildman–Crippen LogP) is 21.4. The predicted molar refractivity (Wildman–Crippen MR) is 325 cm³/mol. The van der Waals surface area contributed by atoms with Crippen LogP contribution in [0, 0.1) is 0 Å². The molecule has 0 aliphatic carbocycles. The van der Waals surface area contributed by atoms with E-state index in [2.05, 4.69) is 130 Å². The number of carbonyl (C=O) groups excluding carboxylic acids is 3. The van der Waals surface area contributed by atoms with Crippen LogP contribution in [0.1, 0.15) is 290 Å². The Morgan fingerprint density at radius 2 is 0.520 bits per heavy atom. The van der Waals surface area contributed by atoms with Gasteiger partial charge in [0.1, 0.15) is 13.2 Å². The van der Waals surface area contributed by atoms with Gasteiger partial charge in [0, 0.05) is 19.3 Å². The minimum Gasteiger partial charge on any atom is -0.462 e. The van der Waals surface area contributed by atoms with Crippen molar-refractivity contribution in [2.45, 2.75) is 297 Å². The molecule has 0 aromatic rings. The van der Waals surface area contributed by atoms with E-state index in [0.717, 1.165) is 135 Å². The van der Waals surface area contributed by atoms with Crippen LogP contribution in [0.3, 0.4) is 0 Å². The zero-order valence-electron chi connectivity index (χ0n) is 49.0. The third kappa shape index (κ3) is 60.8. The molecule has 0 spiro atoms. The number of esters is 3. The third-order valence-corrected chi connectivity index (χ3v) is 13.3. The molecule has 0 fully saturated rings. The SMILES string of the molecule is CC/C=C\C/C=C\C/C=C\C/C=C\C/C=C\C/C=C\C/C=C\C/C=C\CCCCCCC(=O)OCC(COC(=O)CCCCCCCCCCCCCCC)OC(=O)CCCCCCC/C=C\CCCCCCCC. The van der Waals surface area contributed by atoms with Gasteiger partial charge >= 0.3 is 17.9 Å². The fourth-order valence-electron chi connectivity index (χ4n) is 8.57. The molecule has 6 heteroatoms. The first-order valence-corrected chi connectivity index (χ1v) is 31.4. The molecule has 0 aromatic carbocycles. The van der Waals surface area contributed by atoms with E-state index in [0.29, 0.717) is 19.3 Å². The van der Waals surface area contributed by atoms with Gasteiger partial charge in [-0.2, -0.15) is 0 Å². The maximum Gasteiger partial charge on any atom is 0.306 e. The number of ether oxygens (including phenoxy) is 3. The molecule has 0 saturated heterocycles. The first-order chi connectivity index (χ1) is 37.0. The molecule has 6 nitrogen and oxygen atoms in total. The topological polar surface area (TPSA) is 78.9 Å². The molecule has 0 aromatic heterocycles. The maximum atomic E-state index is 12.9. The normalized spacial score (nSPS) is 12.8. The summed E-state index contributed by atoms with van der Waals surface area (Å²) in [5, 5.41) is 0. The summed E-state index contributed by atoms with van der Waals surface area (Å²) in [7, 11) is 0. The summed E-state index contributed by atoms with van der Waals surface area (Å²) >= 11 is 0. The summed E-state index contributed by atoms with van der Waals surface area (Å²) in [5.74, 6) is -0.916. The van der Waals surface area contributed by atoms with E-state index in [1.54, 1.807) is 0 Å². The molecule has 1 atom stereocenters. The van der Waals surface area contributed by atoms with Crippen molar-refractivity contribution in [1.29, 1.82) is 0 Å². The van der Waals surface area contributed by atoms with Gasteiger partial charge in [-0.25, -0.2) is 0 Å². The number of carbonyl (C=O) groups is 3. The van der Waals surface area contributed by atoms with Crippen LogP contribution in [0.25, 0.3) is 0 Å². The van der Waals surface area contributed by atoms with Gasteiger partial charge in [0.25, 0.3) is 0 Å². The number of hydrogen-bond donors (Lipinski definition) is 0. The van der Waals surface area contributed by atoms with Gasteiger partial charge in [-0.1, -0.05) is 271 Å². The standard InChI is InChI=1S/C69H116O6/c1-4-7-10-13-16-19-22-25-27-28-29-30-31-32-33-34-35-36-37-38-39-40-42-44-47-50-53-56-59-62-68(71)74-65-66(64-73-67(70)61-58-55-52-49-46-43-24-21-18-15-12-9-6-3)75-69(72)63-60-57-54-51-48-45-41-26-23-20-17-14-11-8-5-2/h7,10,16,19,25-27,29-30,32-33,35-36,38-39,41-42,44,66H,4-6,8-9,11-15,17-18,20-24,28,31,34,37,40,43,45-65H2,1-3H3/b10-7-,19-16-,27-25-,30-29-,33-32-,36-35-,39-38-,41-26-,44-42-. The number of hydrogen-bond acceptors (Lipinski definition) is 6. The Morgan fingerprint density at radius 3 is 0.827 bits per heavy atom. The average molecular weight is 1040 g/mol. The average Bonchev–Trinajstić information content (AvgIpc) is 3.41. The van der Waals surface area contributed by atoms with Gasteiger partial charge in [-0.05, 0) is 109 Å². The van der Waals surface area contributed by atoms with Crippen molar-refractivity contribution < 1.29 is 28.6 Å². The van der Waals surface area contributed by atoms with Crippen LogP contribution in [0.4, 0.5) is 0 Å². The van der Waals surface area contributed by atoms with Crippen molar-refractivity contribution in [3.8, 4) is 0 Å². The second-order valence-corrected chi connectivity index (χ2v) is 20.6. The summed E-state index contributed by atoms with van der Waals surface area (Å²) in [4.78, 5) is 38.2. The van der Waals surface area contributed by atoms with Crippen LogP contribution in [-0.2, 0) is 28.6 Å². The number of rotatable bonds is 56. The third-order valence-electron chi connectivity index (χ3n) is 13.3. The lowest BCUT2D eigenvalue weighted by Crippen LogP contribution is -2.30. The highest BCUT2D eigenvalue weighted by molar-refractivity contribution is 5.71. The van der Waals surface area contributed by atoms with Crippen LogP contribution in [0.15, 0.2) is 109 Å². The number of allylic oxidation sites excluding steroid dienone is 18. The molecule has 0 bridgehead atoms. The van der Waals surface area contributed by atoms with Gasteiger partial charge in [-0.15, -0.1) is 0 Å². The fourth-order valence-corrected chi connectivity index (χ4v) is 8.57. The van der Waals surface area contributed by atoms with Crippen molar-refractivity contribution in [2.24, 2.45) is 0 Å². The summed E-state index contributed by atoms with van der Waals surface area (Å²) in [6.07, 6.45) is 85.2. The van der Waals surface area contributed by atoms with E-state index in [9.17, 15) is 14.4 Å². The lowest BCUT2D eigenvalue weighted by Gasteiger charge is -2.18. The summed E-state index contributed by atoms with van der Waals surface area (Å²) in [5.41, 5.74) is 0. The highest BCUT2D eigenvalue weighted by Gasteiger charge is 2.19. The summed E-state index contributed by atoms with van der Waals surface area (Å²) in [6, 6.07) is 0. The Labute approximate surface area is 463 Å². The molecule has 0 aliphatic heterocycles. The van der Waals surface area contributed by atoms with Gasteiger partial charge in [0.05, 0.1) is 0 Å². The summed E-state index contributed by atoms with van der Waals surface area (Å²) < 4.78 is 16.9. The van der Waals surface area contributed by atoms with Gasteiger partial charge in [0.15, 0.2) is 6.10 Å². The van der Waals surface area contributed by atoms with Crippen LogP contribution in [0.5, 0.6) is 0 Å². The summed E-state index contributed by atoms with van der Waals surface area (Å²) in [6.45, 7) is 6.51. The van der Waals surface area contributed by atoms with Crippen molar-refractivity contribution in [3.63, 3.8) is 0 Å². The molecule has 428 valence electrons. The van der Waals surface area contributed by atoms with Crippen molar-refractivity contribution in [3.05, 3.63) is 109 Å². The van der Waals surface area contributed by atoms with Gasteiger partial charge in [0.2, 0.25) is 0 Å². The monoisotopic (exact) mass is 1040 g/mol. The highest BCUT2D eigenvalue weighted by atomic mass is 16.6. The van der Waals surface area contributed by atoms with Crippen LogP contribution in [0.2, 0.25) is 0 Å². The van der Waals surface area contributed by atoms with Gasteiger partial charge in [-0.3, -0.25) is 14.4 Å². The molecule has 0 amide bonds. The molecule has 1 unspecified atom stereocenters. The Morgan fingerprint density at radius 1 is 0.280 bits per heavy atom. The van der Waals surface area contributed by atoms with Gasteiger partial charge < -0.3 is 14.2 Å². The lowest BCUT2D eigenvalue weighted by atomic mass is 10.0. The fraction of sp³-hybridized carbons (Fsp3) is 0.696. The Bertz CT molecular complexity index is 1520. The Hall–Kier alpha value is -3.93.